The first-order valence-electron chi connectivity index (χ1n) is 12.6. The van der Waals surface area contributed by atoms with E-state index >= 15 is 0 Å². The summed E-state index contributed by atoms with van der Waals surface area (Å²) in [7, 11) is 0. The number of hydrogen-bond acceptors (Lipinski definition) is 2. The SMILES string of the molecule is CCCCCCCCCCCCCCCCCCCCCCCCC(O)O. The van der Waals surface area contributed by atoms with Crippen LogP contribution < -0.4 is 0 Å². The van der Waals surface area contributed by atoms with Crippen molar-refractivity contribution in [3.63, 3.8) is 0 Å². The van der Waals surface area contributed by atoms with Gasteiger partial charge < -0.3 is 10.2 Å². The first-order chi connectivity index (χ1) is 13.3. The zero-order chi connectivity index (χ0) is 19.8. The van der Waals surface area contributed by atoms with Crippen LogP contribution >= 0.6 is 0 Å². The van der Waals surface area contributed by atoms with E-state index in [2.05, 4.69) is 6.92 Å². The zero-order valence-electron chi connectivity index (χ0n) is 18.7. The van der Waals surface area contributed by atoms with Crippen LogP contribution in [-0.2, 0) is 0 Å². The van der Waals surface area contributed by atoms with Gasteiger partial charge in [0.1, 0.15) is 0 Å². The summed E-state index contributed by atoms with van der Waals surface area (Å²) in [6.07, 6.45) is 30.0. The Morgan fingerprint density at radius 3 is 0.815 bits per heavy atom. The minimum Gasteiger partial charge on any atom is -0.368 e. The van der Waals surface area contributed by atoms with E-state index in [0.717, 1.165) is 12.8 Å². The van der Waals surface area contributed by atoms with Crippen LogP contribution in [0.1, 0.15) is 155 Å². The predicted octanol–water partition coefficient (Wildman–Crippen LogP) is 8.29. The Bertz CT molecular complexity index is 253. The molecular formula is C25H52O2. The Balaban J connectivity index is 2.97. The molecule has 0 rings (SSSR count). The van der Waals surface area contributed by atoms with E-state index in [4.69, 9.17) is 10.2 Å². The van der Waals surface area contributed by atoms with E-state index in [1.54, 1.807) is 0 Å². The topological polar surface area (TPSA) is 40.5 Å². The molecule has 0 fully saturated rings. The molecule has 0 saturated heterocycles. The molecule has 0 aliphatic carbocycles. The van der Waals surface area contributed by atoms with Gasteiger partial charge in [0, 0.05) is 0 Å². The van der Waals surface area contributed by atoms with Crippen LogP contribution in [0.4, 0.5) is 0 Å². The van der Waals surface area contributed by atoms with Gasteiger partial charge in [0.2, 0.25) is 0 Å². The lowest BCUT2D eigenvalue weighted by molar-refractivity contribution is -0.0466. The zero-order valence-corrected chi connectivity index (χ0v) is 18.7. The quantitative estimate of drug-likeness (QED) is 0.137. The molecule has 0 radical (unpaired) electrons. The number of hydrogen-bond donors (Lipinski definition) is 2. The van der Waals surface area contributed by atoms with Crippen molar-refractivity contribution < 1.29 is 10.2 Å². The summed E-state index contributed by atoms with van der Waals surface area (Å²) >= 11 is 0. The van der Waals surface area contributed by atoms with Gasteiger partial charge in [-0.1, -0.05) is 142 Å². The van der Waals surface area contributed by atoms with Crippen LogP contribution in [0.2, 0.25) is 0 Å². The van der Waals surface area contributed by atoms with Crippen molar-refractivity contribution in [3.8, 4) is 0 Å². The molecule has 0 saturated carbocycles. The summed E-state index contributed by atoms with van der Waals surface area (Å²) in [5.74, 6) is 0. The molecular weight excluding hydrogens is 332 g/mol. The second-order valence-corrected chi connectivity index (χ2v) is 8.69. The van der Waals surface area contributed by atoms with Gasteiger partial charge in [0.15, 0.2) is 6.29 Å². The first kappa shape index (κ1) is 26.9. The third-order valence-electron chi connectivity index (χ3n) is 5.82. The van der Waals surface area contributed by atoms with Crippen molar-refractivity contribution in [1.82, 2.24) is 0 Å². The van der Waals surface area contributed by atoms with Crippen molar-refractivity contribution in [1.29, 1.82) is 0 Å². The lowest BCUT2D eigenvalue weighted by Crippen LogP contribution is -2.02. The van der Waals surface area contributed by atoms with Gasteiger partial charge in [-0.2, -0.15) is 0 Å². The van der Waals surface area contributed by atoms with Crippen molar-refractivity contribution in [3.05, 3.63) is 0 Å². The summed E-state index contributed by atoms with van der Waals surface area (Å²) in [6, 6.07) is 0. The van der Waals surface area contributed by atoms with Crippen molar-refractivity contribution in [2.45, 2.75) is 161 Å². The predicted molar refractivity (Wildman–Crippen MR) is 120 cm³/mol. The van der Waals surface area contributed by atoms with Crippen molar-refractivity contribution >= 4 is 0 Å². The molecule has 164 valence electrons. The van der Waals surface area contributed by atoms with Crippen LogP contribution in [0, 0.1) is 0 Å². The van der Waals surface area contributed by atoms with Crippen molar-refractivity contribution in [2.75, 3.05) is 0 Å². The minimum atomic E-state index is -1.10. The Morgan fingerprint density at radius 1 is 0.370 bits per heavy atom. The van der Waals surface area contributed by atoms with E-state index in [0.29, 0.717) is 6.42 Å². The molecule has 0 amide bonds. The monoisotopic (exact) mass is 384 g/mol. The largest absolute Gasteiger partial charge is 0.368 e. The molecule has 0 unspecified atom stereocenters. The van der Waals surface area contributed by atoms with Gasteiger partial charge in [0.25, 0.3) is 0 Å². The molecule has 0 aliphatic heterocycles. The summed E-state index contributed by atoms with van der Waals surface area (Å²) in [4.78, 5) is 0. The molecule has 2 heteroatoms. The van der Waals surface area contributed by atoms with E-state index in [9.17, 15) is 0 Å². The average molecular weight is 385 g/mol. The highest BCUT2D eigenvalue weighted by Crippen LogP contribution is 2.15. The molecule has 0 bridgehead atoms. The maximum absolute atomic E-state index is 8.77. The normalized spacial score (nSPS) is 11.6. The fraction of sp³-hybridized carbons (Fsp3) is 1.00. The Labute approximate surface area is 171 Å². The second kappa shape index (κ2) is 24.0. The Hall–Kier alpha value is -0.0800. The Morgan fingerprint density at radius 2 is 0.593 bits per heavy atom. The molecule has 0 atom stereocenters. The van der Waals surface area contributed by atoms with Crippen LogP contribution in [0.25, 0.3) is 0 Å². The lowest BCUT2D eigenvalue weighted by Gasteiger charge is -2.04. The van der Waals surface area contributed by atoms with Gasteiger partial charge in [-0.3, -0.25) is 0 Å². The number of unbranched alkanes of at least 4 members (excludes halogenated alkanes) is 21. The minimum absolute atomic E-state index is 0.541. The molecule has 0 aliphatic rings. The fourth-order valence-corrected chi connectivity index (χ4v) is 3.94. The van der Waals surface area contributed by atoms with Crippen LogP contribution in [0.3, 0.4) is 0 Å². The maximum atomic E-state index is 8.77. The highest BCUT2D eigenvalue weighted by atomic mass is 16.5. The van der Waals surface area contributed by atoms with E-state index in [-0.39, 0.29) is 0 Å². The van der Waals surface area contributed by atoms with Gasteiger partial charge in [0.05, 0.1) is 0 Å². The van der Waals surface area contributed by atoms with Crippen LogP contribution in [-0.4, -0.2) is 16.5 Å². The molecule has 0 spiro atoms. The fourth-order valence-electron chi connectivity index (χ4n) is 3.94. The van der Waals surface area contributed by atoms with Gasteiger partial charge >= 0.3 is 0 Å². The second-order valence-electron chi connectivity index (χ2n) is 8.69. The molecule has 27 heavy (non-hydrogen) atoms. The third kappa shape index (κ3) is 25.9. The van der Waals surface area contributed by atoms with E-state index in [1.165, 1.54) is 128 Å². The molecule has 0 heterocycles. The number of rotatable bonds is 23. The van der Waals surface area contributed by atoms with Gasteiger partial charge in [-0.15, -0.1) is 0 Å². The highest BCUT2D eigenvalue weighted by molar-refractivity contribution is 4.51. The summed E-state index contributed by atoms with van der Waals surface area (Å²) in [5, 5.41) is 17.5. The highest BCUT2D eigenvalue weighted by Gasteiger charge is 1.97. The molecule has 0 aromatic carbocycles. The first-order valence-corrected chi connectivity index (χ1v) is 12.6. The summed E-state index contributed by atoms with van der Waals surface area (Å²) < 4.78 is 0. The molecule has 0 aromatic heterocycles. The number of aliphatic hydroxyl groups excluding tert-OH is 1. The van der Waals surface area contributed by atoms with E-state index < -0.39 is 6.29 Å². The average Bonchev–Trinajstić information content (AvgIpc) is 2.65. The smallest absolute Gasteiger partial charge is 0.151 e. The number of aliphatic hydroxyl groups is 2. The Kier molecular flexibility index (Phi) is 23.9. The molecule has 2 nitrogen and oxygen atoms in total. The van der Waals surface area contributed by atoms with Crippen LogP contribution in [0.5, 0.6) is 0 Å². The van der Waals surface area contributed by atoms with Gasteiger partial charge in [-0.25, -0.2) is 0 Å². The van der Waals surface area contributed by atoms with E-state index in [1.807, 2.05) is 0 Å². The van der Waals surface area contributed by atoms with Crippen molar-refractivity contribution in [2.24, 2.45) is 0 Å². The summed E-state index contributed by atoms with van der Waals surface area (Å²) in [6.45, 7) is 2.29. The maximum Gasteiger partial charge on any atom is 0.151 e. The van der Waals surface area contributed by atoms with Gasteiger partial charge in [-0.05, 0) is 12.8 Å². The third-order valence-corrected chi connectivity index (χ3v) is 5.82. The summed E-state index contributed by atoms with van der Waals surface area (Å²) in [5.41, 5.74) is 0. The van der Waals surface area contributed by atoms with Crippen LogP contribution in [0.15, 0.2) is 0 Å². The molecule has 0 aromatic rings. The standard InChI is InChI=1S/C25H52O2/c1-2-3-4-5-6-7-8-9-10-11-12-13-14-15-16-17-18-19-20-21-22-23-24-25(26)27/h25-27H,2-24H2,1H3. The molecule has 2 N–H and O–H groups in total. The lowest BCUT2D eigenvalue weighted by atomic mass is 10.0.